The minimum Gasteiger partial charge on any atom is -0.340 e. The van der Waals surface area contributed by atoms with Gasteiger partial charge < -0.3 is 5.32 Å². The highest BCUT2D eigenvalue weighted by Gasteiger charge is 2.28. The molecule has 3 rings (SSSR count). The fourth-order valence-electron chi connectivity index (χ4n) is 2.00. The molecular weight excluding hydrogens is 284 g/mol. The lowest BCUT2D eigenvalue weighted by Crippen LogP contribution is -2.52. The van der Waals surface area contributed by atoms with Crippen LogP contribution in [0.25, 0.3) is 10.1 Å². The molecule has 1 atom stereocenters. The molecule has 5 nitrogen and oxygen atoms in total. The number of rotatable bonds is 2. The van der Waals surface area contributed by atoms with Gasteiger partial charge in [-0.15, -0.1) is 11.3 Å². The molecule has 1 fully saturated rings. The van der Waals surface area contributed by atoms with E-state index in [0.717, 1.165) is 10.1 Å². The highest BCUT2D eigenvalue weighted by Crippen LogP contribution is 2.29. The zero-order valence-electron chi connectivity index (χ0n) is 9.76. The number of hydrogen-bond acceptors (Lipinski definition) is 5. The Hall–Kier alpha value is -1.73. The van der Waals surface area contributed by atoms with Gasteiger partial charge in [0.25, 0.3) is 5.91 Å². The number of carbonyl (C=O) groups excluding carboxylic acids is 3. The fourth-order valence-corrected chi connectivity index (χ4v) is 3.95. The monoisotopic (exact) mass is 294 g/mol. The minimum atomic E-state index is -0.626. The number of nitrogens with one attached hydrogen (secondary N) is 2. The Morgan fingerprint density at radius 1 is 1.32 bits per heavy atom. The van der Waals surface area contributed by atoms with Crippen molar-refractivity contribution in [2.45, 2.75) is 18.9 Å². The molecule has 0 aliphatic carbocycles. The number of hydrogen-bond donors (Lipinski definition) is 2. The van der Waals surface area contributed by atoms with Crippen molar-refractivity contribution in [1.29, 1.82) is 0 Å². The summed E-state index contributed by atoms with van der Waals surface area (Å²) in [4.78, 5) is 34.8. The summed E-state index contributed by atoms with van der Waals surface area (Å²) in [7, 11) is 0. The Morgan fingerprint density at radius 2 is 2.16 bits per heavy atom. The Morgan fingerprint density at radius 3 is 2.95 bits per heavy atom. The second kappa shape index (κ2) is 4.75. The molecule has 0 radical (unpaired) electrons. The Bertz CT molecular complexity index is 673. The van der Waals surface area contributed by atoms with Crippen molar-refractivity contribution in [1.82, 2.24) is 10.6 Å². The predicted molar refractivity (Wildman–Crippen MR) is 73.3 cm³/mol. The molecule has 19 heavy (non-hydrogen) atoms. The number of thiophene rings is 2. The van der Waals surface area contributed by atoms with Gasteiger partial charge in [0.05, 0.1) is 5.56 Å². The lowest BCUT2D eigenvalue weighted by Gasteiger charge is -2.21. The van der Waals surface area contributed by atoms with Gasteiger partial charge >= 0.3 is 0 Å². The number of imide groups is 1. The van der Waals surface area contributed by atoms with Crippen LogP contribution in [-0.4, -0.2) is 23.8 Å². The van der Waals surface area contributed by atoms with Gasteiger partial charge in [-0.05, 0) is 6.42 Å². The molecule has 0 spiro atoms. The Labute approximate surface area is 116 Å². The van der Waals surface area contributed by atoms with Gasteiger partial charge in [-0.2, -0.15) is 11.3 Å². The minimum absolute atomic E-state index is 0.258. The van der Waals surface area contributed by atoms with E-state index >= 15 is 0 Å². The van der Waals surface area contributed by atoms with E-state index in [0.29, 0.717) is 12.0 Å². The number of amides is 3. The third-order valence-electron chi connectivity index (χ3n) is 3.01. The van der Waals surface area contributed by atoms with Crippen molar-refractivity contribution >= 4 is 50.5 Å². The molecule has 2 N–H and O–H groups in total. The van der Waals surface area contributed by atoms with E-state index in [2.05, 4.69) is 10.6 Å². The van der Waals surface area contributed by atoms with Crippen molar-refractivity contribution in [3.63, 3.8) is 0 Å². The van der Waals surface area contributed by atoms with E-state index in [-0.39, 0.29) is 18.2 Å². The predicted octanol–water partition coefficient (Wildman–Crippen LogP) is 1.50. The standard InChI is InChI=1S/C12H10N2O3S2/c15-10-2-1-8(12(17)14-10)13-11(16)7-4-19-9-5-18-3-6(7)9/h3-5,8H,1-2H2,(H,13,16)(H,14,15,17). The second-order valence-electron chi connectivity index (χ2n) is 4.28. The highest BCUT2D eigenvalue weighted by molar-refractivity contribution is 7.21. The molecule has 7 heteroatoms. The fraction of sp³-hybridized carbons (Fsp3) is 0.250. The topological polar surface area (TPSA) is 75.3 Å². The summed E-state index contributed by atoms with van der Waals surface area (Å²) in [5.74, 6) is -0.980. The van der Waals surface area contributed by atoms with Crippen molar-refractivity contribution in [3.8, 4) is 0 Å². The maximum Gasteiger partial charge on any atom is 0.253 e. The van der Waals surface area contributed by atoms with Crippen LogP contribution in [0.4, 0.5) is 0 Å². The molecule has 1 aliphatic rings. The molecule has 0 bridgehead atoms. The van der Waals surface area contributed by atoms with Crippen LogP contribution in [0.2, 0.25) is 0 Å². The van der Waals surface area contributed by atoms with E-state index in [4.69, 9.17) is 0 Å². The van der Waals surface area contributed by atoms with Crippen LogP contribution in [0.15, 0.2) is 16.1 Å². The van der Waals surface area contributed by atoms with Crippen LogP contribution in [0, 0.1) is 0 Å². The van der Waals surface area contributed by atoms with E-state index in [9.17, 15) is 14.4 Å². The normalized spacial score (nSPS) is 19.5. The summed E-state index contributed by atoms with van der Waals surface area (Å²) in [6, 6.07) is -0.626. The summed E-state index contributed by atoms with van der Waals surface area (Å²) in [5, 5.41) is 11.5. The van der Waals surface area contributed by atoms with Crippen LogP contribution >= 0.6 is 22.7 Å². The first-order valence-electron chi connectivity index (χ1n) is 5.73. The first-order chi connectivity index (χ1) is 9.15. The summed E-state index contributed by atoms with van der Waals surface area (Å²) in [6.07, 6.45) is 0.613. The third kappa shape index (κ3) is 2.26. The van der Waals surface area contributed by atoms with Crippen molar-refractivity contribution < 1.29 is 14.4 Å². The molecule has 1 aliphatic heterocycles. The molecule has 0 aromatic carbocycles. The van der Waals surface area contributed by atoms with Gasteiger partial charge in [0.2, 0.25) is 11.8 Å². The lowest BCUT2D eigenvalue weighted by molar-refractivity contribution is -0.134. The number of piperidine rings is 1. The van der Waals surface area contributed by atoms with Gasteiger partial charge in [0.15, 0.2) is 0 Å². The van der Waals surface area contributed by atoms with E-state index in [1.54, 1.807) is 16.7 Å². The molecule has 98 valence electrons. The SMILES string of the molecule is O=C1CCC(NC(=O)c2csc3cscc23)C(=O)N1. The number of carbonyl (C=O) groups is 3. The zero-order valence-corrected chi connectivity index (χ0v) is 11.4. The van der Waals surface area contributed by atoms with E-state index in [1.165, 1.54) is 11.3 Å². The molecule has 3 heterocycles. The molecular formula is C12H10N2O3S2. The molecule has 2 aromatic rings. The van der Waals surface area contributed by atoms with Crippen molar-refractivity contribution in [2.75, 3.05) is 0 Å². The van der Waals surface area contributed by atoms with Gasteiger partial charge in [-0.1, -0.05) is 0 Å². The lowest BCUT2D eigenvalue weighted by atomic mass is 10.1. The summed E-state index contributed by atoms with van der Waals surface area (Å²) in [5.41, 5.74) is 0.589. The Balaban J connectivity index is 1.77. The van der Waals surface area contributed by atoms with Crippen LogP contribution in [0.1, 0.15) is 23.2 Å². The van der Waals surface area contributed by atoms with Gasteiger partial charge in [-0.3, -0.25) is 19.7 Å². The maximum absolute atomic E-state index is 12.1. The van der Waals surface area contributed by atoms with Gasteiger partial charge in [0.1, 0.15) is 6.04 Å². The maximum atomic E-state index is 12.1. The van der Waals surface area contributed by atoms with Crippen molar-refractivity contribution in [2.24, 2.45) is 0 Å². The zero-order chi connectivity index (χ0) is 13.4. The van der Waals surface area contributed by atoms with Crippen LogP contribution in [0.3, 0.4) is 0 Å². The molecule has 2 aromatic heterocycles. The average molecular weight is 294 g/mol. The van der Waals surface area contributed by atoms with Gasteiger partial charge in [-0.25, -0.2) is 0 Å². The highest BCUT2D eigenvalue weighted by atomic mass is 32.1. The van der Waals surface area contributed by atoms with E-state index in [1.807, 2.05) is 10.8 Å². The largest absolute Gasteiger partial charge is 0.340 e. The second-order valence-corrected chi connectivity index (χ2v) is 5.93. The van der Waals surface area contributed by atoms with Crippen LogP contribution in [-0.2, 0) is 9.59 Å². The first kappa shape index (κ1) is 12.3. The summed E-state index contributed by atoms with van der Waals surface area (Å²) >= 11 is 3.05. The van der Waals surface area contributed by atoms with Crippen LogP contribution < -0.4 is 10.6 Å². The third-order valence-corrected chi connectivity index (χ3v) is 4.85. The summed E-state index contributed by atoms with van der Waals surface area (Å²) in [6.45, 7) is 0. The smallest absolute Gasteiger partial charge is 0.253 e. The molecule has 3 amide bonds. The molecule has 1 unspecified atom stereocenters. The quantitative estimate of drug-likeness (QED) is 0.824. The average Bonchev–Trinajstić information content (AvgIpc) is 2.94. The van der Waals surface area contributed by atoms with E-state index < -0.39 is 11.9 Å². The first-order valence-corrected chi connectivity index (χ1v) is 7.55. The molecule has 1 saturated heterocycles. The molecule has 0 saturated carbocycles. The van der Waals surface area contributed by atoms with Crippen molar-refractivity contribution in [3.05, 3.63) is 21.7 Å². The Kier molecular flexibility index (Phi) is 3.08. The summed E-state index contributed by atoms with van der Waals surface area (Å²) < 4.78 is 1.07. The number of fused-ring (bicyclic) bond motifs is 1. The van der Waals surface area contributed by atoms with Crippen LogP contribution in [0.5, 0.6) is 0 Å². The van der Waals surface area contributed by atoms with Gasteiger partial charge in [0, 0.05) is 32.6 Å².